The Hall–Kier alpha value is -3.79. The minimum atomic E-state index is -0.716. The number of hydrogen-bond donors (Lipinski definition) is 2. The number of pyridine rings is 1. The first-order valence-electron chi connectivity index (χ1n) is 11.3. The van der Waals surface area contributed by atoms with E-state index in [-0.39, 0.29) is 53.3 Å². The summed E-state index contributed by atoms with van der Waals surface area (Å²) in [5, 5.41) is 3.37. The summed E-state index contributed by atoms with van der Waals surface area (Å²) in [6, 6.07) is 5.43. The first-order valence-corrected chi connectivity index (χ1v) is 11.3. The zero-order chi connectivity index (χ0) is 25.0. The molecule has 2 heterocycles. The van der Waals surface area contributed by atoms with Crippen molar-refractivity contribution in [2.24, 2.45) is 0 Å². The van der Waals surface area contributed by atoms with Gasteiger partial charge in [-0.1, -0.05) is 6.07 Å². The number of aromatic nitrogens is 2. The molecule has 35 heavy (non-hydrogen) atoms. The summed E-state index contributed by atoms with van der Waals surface area (Å²) in [7, 11) is 3.57. The highest BCUT2D eigenvalue weighted by molar-refractivity contribution is 6.04. The molecule has 2 aromatic carbocycles. The van der Waals surface area contributed by atoms with E-state index in [1.54, 1.807) is 42.6 Å². The Labute approximate surface area is 199 Å². The van der Waals surface area contributed by atoms with Crippen LogP contribution in [0.15, 0.2) is 33.5 Å². The molecule has 1 fully saturated rings. The lowest BCUT2D eigenvalue weighted by Crippen LogP contribution is -2.32. The molecule has 4 aromatic rings. The highest BCUT2D eigenvalue weighted by Crippen LogP contribution is 2.41. The highest BCUT2D eigenvalue weighted by Gasteiger charge is 2.30. The normalized spacial score (nSPS) is 13.8. The Kier molecular flexibility index (Phi) is 5.55. The first-order chi connectivity index (χ1) is 16.7. The van der Waals surface area contributed by atoms with Gasteiger partial charge in [-0.15, -0.1) is 0 Å². The van der Waals surface area contributed by atoms with Crippen molar-refractivity contribution < 1.29 is 18.0 Å². The number of aryl methyl sites for hydroxylation is 1. The summed E-state index contributed by atoms with van der Waals surface area (Å²) in [4.78, 5) is 31.6. The Balaban J connectivity index is 1.68. The summed E-state index contributed by atoms with van der Waals surface area (Å²) < 4.78 is 36.5. The molecule has 1 saturated carbocycles. The Bertz CT molecular complexity index is 1550. The lowest BCUT2D eigenvalue weighted by Gasteiger charge is -2.16. The van der Waals surface area contributed by atoms with E-state index in [1.807, 2.05) is 0 Å². The van der Waals surface area contributed by atoms with E-state index in [0.29, 0.717) is 27.6 Å². The molecule has 1 amide bonds. The van der Waals surface area contributed by atoms with Crippen molar-refractivity contribution in [1.82, 2.24) is 19.8 Å². The third-order valence-electron chi connectivity index (χ3n) is 6.19. The Morgan fingerprint density at radius 2 is 1.97 bits per heavy atom. The second-order valence-electron chi connectivity index (χ2n) is 9.19. The number of likely N-dealkylation sites (N-methyl/N-ethyl adjacent to an activating group) is 1. The van der Waals surface area contributed by atoms with Crippen LogP contribution in [0.3, 0.4) is 0 Å². The molecule has 0 spiro atoms. The number of anilines is 1. The number of carbonyl (C=O) groups is 1. The summed E-state index contributed by atoms with van der Waals surface area (Å²) in [6.45, 7) is 2.02. The van der Waals surface area contributed by atoms with Gasteiger partial charge in [0.2, 0.25) is 11.8 Å². The average Bonchev–Trinajstić information content (AvgIpc) is 3.53. The summed E-state index contributed by atoms with van der Waals surface area (Å²) >= 11 is 0. The molecular weight excluding hydrogens is 456 g/mol. The SMILES string of the molecule is Cc1c(-c2cc(F)c(N)cc2F)ccc2c3oc(CNC(=O)CN(C)C)nc3c(=O)n(C3CC3)c12. The number of nitrogens with zero attached hydrogens (tertiary/aromatic N) is 3. The number of halogens is 2. The molecule has 182 valence electrons. The maximum atomic E-state index is 14.8. The van der Waals surface area contributed by atoms with Crippen molar-refractivity contribution >= 4 is 33.6 Å². The standard InChI is InChI=1S/C25H25F2N5O3/c1-12-14(16-8-18(27)19(28)9-17(16)26)6-7-15-23(12)32(13-4-5-13)25(34)22-24(15)35-21(30-22)10-29-20(33)11-31(2)3/h6-9,13H,4-5,10-11,28H2,1-3H3,(H,29,33). The fourth-order valence-electron chi connectivity index (χ4n) is 4.44. The number of nitrogen functional groups attached to an aromatic ring is 1. The maximum absolute atomic E-state index is 14.8. The molecule has 0 atom stereocenters. The van der Waals surface area contributed by atoms with Gasteiger partial charge in [-0.3, -0.25) is 9.59 Å². The van der Waals surface area contributed by atoms with Crippen LogP contribution in [0.5, 0.6) is 0 Å². The number of fused-ring (bicyclic) bond motifs is 3. The quantitative estimate of drug-likeness (QED) is 0.409. The van der Waals surface area contributed by atoms with Gasteiger partial charge in [0.05, 0.1) is 24.3 Å². The van der Waals surface area contributed by atoms with Crippen LogP contribution in [0.2, 0.25) is 0 Å². The third-order valence-corrected chi connectivity index (χ3v) is 6.19. The number of benzene rings is 2. The van der Waals surface area contributed by atoms with E-state index in [0.717, 1.165) is 25.0 Å². The summed E-state index contributed by atoms with van der Waals surface area (Å²) in [6.07, 6.45) is 1.67. The van der Waals surface area contributed by atoms with Crippen LogP contribution in [-0.2, 0) is 11.3 Å². The van der Waals surface area contributed by atoms with E-state index in [2.05, 4.69) is 10.3 Å². The molecular formula is C25H25F2N5O3. The van der Waals surface area contributed by atoms with Gasteiger partial charge in [0.15, 0.2) is 11.1 Å². The zero-order valence-electron chi connectivity index (χ0n) is 19.6. The largest absolute Gasteiger partial charge is 0.438 e. The van der Waals surface area contributed by atoms with Gasteiger partial charge in [0.1, 0.15) is 11.6 Å². The van der Waals surface area contributed by atoms with E-state index >= 15 is 0 Å². The van der Waals surface area contributed by atoms with Crippen molar-refractivity contribution in [1.29, 1.82) is 0 Å². The predicted molar refractivity (Wildman–Crippen MR) is 129 cm³/mol. The summed E-state index contributed by atoms with van der Waals surface area (Å²) in [5.41, 5.74) is 7.15. The van der Waals surface area contributed by atoms with Crippen LogP contribution in [0, 0.1) is 18.6 Å². The van der Waals surface area contributed by atoms with Gasteiger partial charge < -0.3 is 24.9 Å². The van der Waals surface area contributed by atoms with Crippen molar-refractivity contribution in [3.63, 3.8) is 0 Å². The van der Waals surface area contributed by atoms with Gasteiger partial charge in [-0.25, -0.2) is 13.8 Å². The Morgan fingerprint density at radius 1 is 1.23 bits per heavy atom. The minimum absolute atomic E-state index is 0.00343. The highest BCUT2D eigenvalue weighted by atomic mass is 19.1. The van der Waals surface area contributed by atoms with Crippen molar-refractivity contribution in [3.05, 3.63) is 57.7 Å². The van der Waals surface area contributed by atoms with Gasteiger partial charge >= 0.3 is 0 Å². The van der Waals surface area contributed by atoms with E-state index < -0.39 is 11.6 Å². The number of rotatable bonds is 6. The monoisotopic (exact) mass is 481 g/mol. The lowest BCUT2D eigenvalue weighted by atomic mass is 9.96. The van der Waals surface area contributed by atoms with Crippen LogP contribution in [0.1, 0.15) is 30.3 Å². The van der Waals surface area contributed by atoms with Gasteiger partial charge in [0, 0.05) is 23.1 Å². The first kappa shape index (κ1) is 23.0. The molecule has 0 unspecified atom stereocenters. The molecule has 10 heteroatoms. The number of amides is 1. The molecule has 0 aliphatic heterocycles. The smallest absolute Gasteiger partial charge is 0.281 e. The zero-order valence-corrected chi connectivity index (χ0v) is 19.6. The molecule has 0 saturated heterocycles. The fraction of sp³-hybridized carbons (Fsp3) is 0.320. The van der Waals surface area contributed by atoms with Crippen LogP contribution in [-0.4, -0.2) is 41.0 Å². The van der Waals surface area contributed by atoms with Crippen molar-refractivity contribution in [2.75, 3.05) is 26.4 Å². The van der Waals surface area contributed by atoms with Gasteiger partial charge in [-0.2, -0.15) is 0 Å². The fourth-order valence-corrected chi connectivity index (χ4v) is 4.44. The van der Waals surface area contributed by atoms with Crippen molar-refractivity contribution in [3.8, 4) is 11.1 Å². The number of carbonyl (C=O) groups excluding carboxylic acids is 1. The van der Waals surface area contributed by atoms with Crippen molar-refractivity contribution in [2.45, 2.75) is 32.4 Å². The number of nitrogens with two attached hydrogens (primary N) is 1. The minimum Gasteiger partial charge on any atom is -0.438 e. The summed E-state index contributed by atoms with van der Waals surface area (Å²) in [5.74, 6) is -1.35. The molecule has 8 nitrogen and oxygen atoms in total. The molecule has 3 N–H and O–H groups in total. The topological polar surface area (TPSA) is 106 Å². The lowest BCUT2D eigenvalue weighted by molar-refractivity contribution is -0.121. The van der Waals surface area contributed by atoms with Crippen LogP contribution in [0.4, 0.5) is 14.5 Å². The van der Waals surface area contributed by atoms with Gasteiger partial charge in [-0.05, 0) is 57.1 Å². The van der Waals surface area contributed by atoms with Gasteiger partial charge in [0.25, 0.3) is 5.56 Å². The number of oxazole rings is 1. The predicted octanol–water partition coefficient (Wildman–Crippen LogP) is 3.49. The van der Waals surface area contributed by atoms with E-state index in [1.165, 1.54) is 0 Å². The average molecular weight is 482 g/mol. The molecule has 1 aliphatic carbocycles. The number of hydrogen-bond acceptors (Lipinski definition) is 6. The van der Waals surface area contributed by atoms with E-state index in [4.69, 9.17) is 10.2 Å². The number of nitrogens with one attached hydrogen (secondary N) is 1. The Morgan fingerprint density at radius 3 is 2.66 bits per heavy atom. The van der Waals surface area contributed by atoms with Crippen LogP contribution in [0.25, 0.3) is 33.1 Å². The molecule has 0 bridgehead atoms. The molecule has 1 aliphatic rings. The van der Waals surface area contributed by atoms with E-state index in [9.17, 15) is 18.4 Å². The third kappa shape index (κ3) is 4.03. The molecule has 5 rings (SSSR count). The van der Waals surface area contributed by atoms with Crippen LogP contribution < -0.4 is 16.6 Å². The maximum Gasteiger partial charge on any atom is 0.281 e. The molecule has 2 aromatic heterocycles. The molecule has 0 radical (unpaired) electrons. The second-order valence-corrected chi connectivity index (χ2v) is 9.19. The second kappa shape index (κ2) is 8.46. The van der Waals surface area contributed by atoms with Crippen LogP contribution >= 0.6 is 0 Å².